The van der Waals surface area contributed by atoms with Crippen molar-refractivity contribution in [3.05, 3.63) is 0 Å². The first-order valence-electron chi connectivity index (χ1n) is 10.4. The molecule has 1 nitrogen and oxygen atoms in total. The molecule has 23 heavy (non-hydrogen) atoms. The number of nitrogens with zero attached hydrogens (tertiary/aromatic N) is 1. The third-order valence-corrected chi connectivity index (χ3v) is 9.30. The SMILES string of the molecule is ClC(=NC12CC3CC(CC(C3)C1)C2)C12CC3CC(CC(C3)C1)C2. The van der Waals surface area contributed by atoms with Gasteiger partial charge in [0.25, 0.3) is 0 Å². The van der Waals surface area contributed by atoms with Gasteiger partial charge in [0.15, 0.2) is 0 Å². The van der Waals surface area contributed by atoms with Crippen LogP contribution in [-0.2, 0) is 0 Å². The maximum Gasteiger partial charge on any atom is 0.107 e. The van der Waals surface area contributed by atoms with Crippen LogP contribution in [0.2, 0.25) is 0 Å². The normalized spacial score (nSPS) is 59.8. The van der Waals surface area contributed by atoms with E-state index in [2.05, 4.69) is 0 Å². The molecule has 8 rings (SSSR count). The van der Waals surface area contributed by atoms with Crippen molar-refractivity contribution in [2.45, 2.75) is 82.6 Å². The van der Waals surface area contributed by atoms with Crippen molar-refractivity contribution < 1.29 is 0 Å². The zero-order valence-corrected chi connectivity index (χ0v) is 15.0. The number of halogens is 1. The van der Waals surface area contributed by atoms with Gasteiger partial charge in [0, 0.05) is 5.41 Å². The van der Waals surface area contributed by atoms with E-state index >= 15 is 0 Å². The van der Waals surface area contributed by atoms with Gasteiger partial charge in [-0.2, -0.15) is 0 Å². The number of rotatable bonds is 2. The van der Waals surface area contributed by atoms with E-state index < -0.39 is 0 Å². The molecule has 2 heteroatoms. The lowest BCUT2D eigenvalue weighted by molar-refractivity contribution is -0.0158. The summed E-state index contributed by atoms with van der Waals surface area (Å²) in [6.45, 7) is 0. The fraction of sp³-hybridized carbons (Fsp3) is 0.952. The van der Waals surface area contributed by atoms with Crippen molar-refractivity contribution in [1.82, 2.24) is 0 Å². The highest BCUT2D eigenvalue weighted by molar-refractivity contribution is 6.66. The Kier molecular flexibility index (Phi) is 2.81. The second kappa shape index (κ2) is 4.57. The van der Waals surface area contributed by atoms with Crippen LogP contribution in [0.1, 0.15) is 77.0 Å². The second-order valence-electron chi connectivity index (χ2n) is 10.7. The summed E-state index contributed by atoms with van der Waals surface area (Å²) in [6, 6.07) is 0. The molecular formula is C21H30ClN. The predicted molar refractivity (Wildman–Crippen MR) is 94.8 cm³/mol. The largest absolute Gasteiger partial charge is 0.270 e. The summed E-state index contributed by atoms with van der Waals surface area (Å²) in [4.78, 5) is 5.44. The van der Waals surface area contributed by atoms with E-state index in [1.807, 2.05) is 0 Å². The minimum absolute atomic E-state index is 0.273. The Labute approximate surface area is 145 Å². The van der Waals surface area contributed by atoms with Gasteiger partial charge in [0.2, 0.25) is 0 Å². The van der Waals surface area contributed by atoms with E-state index in [4.69, 9.17) is 16.6 Å². The highest BCUT2D eigenvalue weighted by Gasteiger charge is 2.55. The molecule has 0 spiro atoms. The van der Waals surface area contributed by atoms with Gasteiger partial charge in [-0.25, -0.2) is 0 Å². The van der Waals surface area contributed by atoms with E-state index in [1.165, 1.54) is 77.0 Å². The monoisotopic (exact) mass is 331 g/mol. The summed E-state index contributed by atoms with van der Waals surface area (Å²) in [7, 11) is 0. The van der Waals surface area contributed by atoms with E-state index in [1.54, 1.807) is 0 Å². The molecule has 8 saturated carbocycles. The first-order chi connectivity index (χ1) is 11.1. The molecule has 8 aliphatic rings. The maximum atomic E-state index is 7.09. The molecule has 0 unspecified atom stereocenters. The van der Waals surface area contributed by atoms with Gasteiger partial charge in [0.1, 0.15) is 5.17 Å². The first kappa shape index (κ1) is 14.2. The molecule has 0 amide bonds. The van der Waals surface area contributed by atoms with Crippen molar-refractivity contribution in [2.24, 2.45) is 45.9 Å². The van der Waals surface area contributed by atoms with Crippen LogP contribution in [0.15, 0.2) is 4.99 Å². The molecule has 0 aliphatic heterocycles. The molecule has 0 aromatic rings. The molecular weight excluding hydrogens is 302 g/mol. The third kappa shape index (κ3) is 2.07. The van der Waals surface area contributed by atoms with Crippen LogP contribution < -0.4 is 0 Å². The topological polar surface area (TPSA) is 12.4 Å². The summed E-state index contributed by atoms with van der Waals surface area (Å²) in [5, 5.41) is 1.10. The van der Waals surface area contributed by atoms with Gasteiger partial charge in [-0.3, -0.25) is 4.99 Å². The van der Waals surface area contributed by atoms with Crippen LogP contribution >= 0.6 is 11.6 Å². The van der Waals surface area contributed by atoms with Gasteiger partial charge < -0.3 is 0 Å². The fourth-order valence-electron chi connectivity index (χ4n) is 8.89. The molecule has 0 aromatic carbocycles. The van der Waals surface area contributed by atoms with Gasteiger partial charge in [0.05, 0.1) is 5.54 Å². The van der Waals surface area contributed by atoms with Crippen LogP contribution in [0.4, 0.5) is 0 Å². The quantitative estimate of drug-likeness (QED) is 0.566. The summed E-state index contributed by atoms with van der Waals surface area (Å²) in [5.74, 6) is 5.85. The average molecular weight is 332 g/mol. The molecule has 8 fully saturated rings. The Morgan fingerprint density at radius 3 is 1.35 bits per heavy atom. The molecule has 0 atom stereocenters. The molecule has 8 aliphatic carbocycles. The van der Waals surface area contributed by atoms with Gasteiger partial charge in [-0.1, -0.05) is 11.6 Å². The molecule has 0 heterocycles. The first-order valence-corrected chi connectivity index (χ1v) is 10.7. The molecule has 0 N–H and O–H groups in total. The fourth-order valence-corrected chi connectivity index (χ4v) is 9.30. The van der Waals surface area contributed by atoms with Crippen molar-refractivity contribution in [2.75, 3.05) is 0 Å². The molecule has 0 aromatic heterocycles. The minimum Gasteiger partial charge on any atom is -0.270 e. The standard InChI is InChI=1S/C21H30ClN/c22-19(20-7-13-1-14(8-20)3-15(2-13)9-20)23-21-10-16-4-17(11-21)6-18(5-16)12-21/h13-18H,1-12H2. The maximum absolute atomic E-state index is 7.09. The number of hydrogen-bond donors (Lipinski definition) is 0. The third-order valence-electron chi connectivity index (χ3n) is 8.82. The minimum atomic E-state index is 0.273. The van der Waals surface area contributed by atoms with Crippen LogP contribution in [-0.4, -0.2) is 10.7 Å². The highest BCUT2D eigenvalue weighted by atomic mass is 35.5. The summed E-state index contributed by atoms with van der Waals surface area (Å²) in [6.07, 6.45) is 17.2. The van der Waals surface area contributed by atoms with Crippen LogP contribution in [0.5, 0.6) is 0 Å². The summed E-state index contributed by atoms with van der Waals surface area (Å²) in [5.41, 5.74) is 0.592. The summed E-state index contributed by atoms with van der Waals surface area (Å²) >= 11 is 7.09. The van der Waals surface area contributed by atoms with Crippen molar-refractivity contribution in [3.8, 4) is 0 Å². The van der Waals surface area contributed by atoms with Gasteiger partial charge >= 0.3 is 0 Å². The van der Waals surface area contributed by atoms with Crippen molar-refractivity contribution >= 4 is 16.8 Å². The Bertz CT molecular complexity index is 492. The lowest BCUT2D eigenvalue weighted by Crippen LogP contribution is -2.52. The van der Waals surface area contributed by atoms with Gasteiger partial charge in [-0.05, 0) is 113 Å². The zero-order valence-electron chi connectivity index (χ0n) is 14.3. The van der Waals surface area contributed by atoms with E-state index in [0.29, 0.717) is 5.41 Å². The molecule has 0 saturated heterocycles. The smallest absolute Gasteiger partial charge is 0.107 e. The Hall–Kier alpha value is -0.0400. The summed E-state index contributed by atoms with van der Waals surface area (Å²) < 4.78 is 0. The van der Waals surface area contributed by atoms with E-state index in [-0.39, 0.29) is 5.54 Å². The van der Waals surface area contributed by atoms with Crippen LogP contribution in [0, 0.1) is 40.9 Å². The Balaban J connectivity index is 1.34. The number of aliphatic imine (C=N–C) groups is 1. The van der Waals surface area contributed by atoms with E-state index in [9.17, 15) is 0 Å². The Morgan fingerprint density at radius 1 is 0.609 bits per heavy atom. The second-order valence-corrected chi connectivity index (χ2v) is 11.1. The highest BCUT2D eigenvalue weighted by Crippen LogP contribution is 2.62. The molecule has 126 valence electrons. The van der Waals surface area contributed by atoms with Crippen LogP contribution in [0.25, 0.3) is 0 Å². The average Bonchev–Trinajstić information content (AvgIpc) is 2.43. The predicted octanol–water partition coefficient (Wildman–Crippen LogP) is 5.81. The van der Waals surface area contributed by atoms with Crippen LogP contribution in [0.3, 0.4) is 0 Å². The van der Waals surface area contributed by atoms with E-state index in [0.717, 1.165) is 40.7 Å². The molecule has 0 radical (unpaired) electrons. The lowest BCUT2D eigenvalue weighted by Gasteiger charge is -2.58. The van der Waals surface area contributed by atoms with Crippen molar-refractivity contribution in [1.29, 1.82) is 0 Å². The lowest BCUT2D eigenvalue weighted by atomic mass is 9.49. The zero-order chi connectivity index (χ0) is 15.2. The van der Waals surface area contributed by atoms with Crippen molar-refractivity contribution in [3.63, 3.8) is 0 Å². The van der Waals surface area contributed by atoms with Gasteiger partial charge in [-0.15, -0.1) is 0 Å². The Morgan fingerprint density at radius 2 is 0.957 bits per heavy atom. The number of hydrogen-bond acceptors (Lipinski definition) is 1. The molecule has 8 bridgehead atoms.